The Morgan fingerprint density at radius 1 is 1.16 bits per heavy atom. The third-order valence-electron chi connectivity index (χ3n) is 4.77. The molecule has 4 rings (SSSR count). The second kappa shape index (κ2) is 9.37. The number of thiocarbonyl (C=S) groups is 1. The first kappa shape index (κ1) is 21.8. The Bertz CT molecular complexity index is 1190. The Hall–Kier alpha value is -3.43. The maximum atomic E-state index is 12.9. The van der Waals surface area contributed by atoms with Gasteiger partial charge in [-0.15, -0.1) is 11.3 Å². The molecule has 0 fully saturated rings. The highest BCUT2D eigenvalue weighted by Gasteiger charge is 2.32. The fraction of sp³-hybridized carbons (Fsp3) is 0.174. The van der Waals surface area contributed by atoms with Crippen molar-refractivity contribution < 1.29 is 23.8 Å². The van der Waals surface area contributed by atoms with Gasteiger partial charge in [0.15, 0.2) is 16.6 Å². The molecule has 0 aliphatic carbocycles. The number of esters is 1. The molecule has 1 aromatic heterocycles. The van der Waals surface area contributed by atoms with E-state index in [1.165, 1.54) is 11.3 Å². The molecule has 2 heterocycles. The number of amides is 1. The van der Waals surface area contributed by atoms with Crippen LogP contribution in [0.15, 0.2) is 48.5 Å². The first-order chi connectivity index (χ1) is 15.5. The van der Waals surface area contributed by atoms with E-state index in [2.05, 4.69) is 10.6 Å². The topological polar surface area (TPSA) is 85.9 Å². The minimum atomic E-state index is -0.486. The third-order valence-corrected chi connectivity index (χ3v) is 6.05. The molecule has 0 saturated heterocycles. The van der Waals surface area contributed by atoms with Crippen molar-refractivity contribution in [2.75, 3.05) is 19.0 Å². The number of methoxy groups -OCH3 is 1. The molecule has 0 unspecified atom stereocenters. The lowest BCUT2D eigenvalue weighted by atomic mass is 9.98. The molecule has 1 aliphatic rings. The molecule has 0 atom stereocenters. The van der Waals surface area contributed by atoms with E-state index in [9.17, 15) is 9.59 Å². The molecule has 3 aromatic rings. The van der Waals surface area contributed by atoms with Crippen LogP contribution in [0.25, 0.3) is 11.1 Å². The number of thiophene rings is 1. The van der Waals surface area contributed by atoms with E-state index >= 15 is 0 Å². The Balaban J connectivity index is 1.69. The fourth-order valence-corrected chi connectivity index (χ4v) is 4.79. The van der Waals surface area contributed by atoms with E-state index in [0.29, 0.717) is 33.2 Å². The zero-order chi connectivity index (χ0) is 22.7. The molecule has 0 bridgehead atoms. The molecule has 0 radical (unpaired) electrons. The van der Waals surface area contributed by atoms with Crippen molar-refractivity contribution in [2.24, 2.45) is 0 Å². The van der Waals surface area contributed by atoms with Gasteiger partial charge in [-0.3, -0.25) is 10.1 Å². The zero-order valence-corrected chi connectivity index (χ0v) is 19.0. The molecule has 164 valence electrons. The molecule has 0 saturated carbocycles. The highest BCUT2D eigenvalue weighted by atomic mass is 32.1. The van der Waals surface area contributed by atoms with Gasteiger partial charge in [0.2, 0.25) is 0 Å². The van der Waals surface area contributed by atoms with Crippen LogP contribution >= 0.6 is 23.6 Å². The molecular formula is C23H20N2O5S2. The van der Waals surface area contributed by atoms with Gasteiger partial charge in [0, 0.05) is 16.7 Å². The van der Waals surface area contributed by atoms with Gasteiger partial charge in [-0.05, 0) is 37.3 Å². The first-order valence-electron chi connectivity index (χ1n) is 9.83. The van der Waals surface area contributed by atoms with Gasteiger partial charge in [-0.2, -0.15) is 0 Å². The quantitative estimate of drug-likeness (QED) is 0.417. The molecule has 2 N–H and O–H groups in total. The van der Waals surface area contributed by atoms with Gasteiger partial charge >= 0.3 is 5.97 Å². The highest BCUT2D eigenvalue weighted by Crippen LogP contribution is 2.50. The lowest BCUT2D eigenvalue weighted by Gasteiger charge is -2.20. The summed E-state index contributed by atoms with van der Waals surface area (Å²) >= 11 is 6.67. The van der Waals surface area contributed by atoms with Crippen LogP contribution in [0.4, 0.5) is 5.00 Å². The van der Waals surface area contributed by atoms with Gasteiger partial charge in [-0.25, -0.2) is 4.79 Å². The molecular weight excluding hydrogens is 448 g/mol. The van der Waals surface area contributed by atoms with E-state index < -0.39 is 5.97 Å². The number of carbonyl (C=O) groups excluding carboxylic acids is 2. The summed E-state index contributed by atoms with van der Waals surface area (Å²) in [6.45, 7) is 2.23. The van der Waals surface area contributed by atoms with Crippen molar-refractivity contribution in [1.82, 2.24) is 5.32 Å². The molecule has 2 aromatic carbocycles. The van der Waals surface area contributed by atoms with E-state index in [4.69, 9.17) is 26.4 Å². The zero-order valence-electron chi connectivity index (χ0n) is 17.4. The highest BCUT2D eigenvalue weighted by molar-refractivity contribution is 7.80. The summed E-state index contributed by atoms with van der Waals surface area (Å²) in [6.07, 6.45) is 0. The van der Waals surface area contributed by atoms with Crippen LogP contribution in [0.5, 0.6) is 11.5 Å². The summed E-state index contributed by atoms with van der Waals surface area (Å²) in [4.78, 5) is 26.2. The number of hydrogen-bond donors (Lipinski definition) is 2. The van der Waals surface area contributed by atoms with Crippen molar-refractivity contribution in [2.45, 2.75) is 13.5 Å². The average Bonchev–Trinajstić information content (AvgIpc) is 3.17. The van der Waals surface area contributed by atoms with E-state index in [-0.39, 0.29) is 24.2 Å². The number of hydrogen-bond acceptors (Lipinski definition) is 7. The van der Waals surface area contributed by atoms with Crippen molar-refractivity contribution in [1.29, 1.82) is 0 Å². The van der Waals surface area contributed by atoms with Gasteiger partial charge < -0.3 is 19.5 Å². The Morgan fingerprint density at radius 3 is 2.66 bits per heavy atom. The van der Waals surface area contributed by atoms with Crippen molar-refractivity contribution >= 4 is 45.5 Å². The van der Waals surface area contributed by atoms with Gasteiger partial charge in [0.05, 0.1) is 18.6 Å². The molecule has 1 aliphatic heterocycles. The normalized spacial score (nSPS) is 11.4. The van der Waals surface area contributed by atoms with Crippen molar-refractivity contribution in [3.63, 3.8) is 0 Å². The van der Waals surface area contributed by atoms with Crippen LogP contribution in [0.3, 0.4) is 0 Å². The Morgan fingerprint density at radius 2 is 1.94 bits per heavy atom. The number of ether oxygens (including phenoxy) is 3. The molecule has 7 nitrogen and oxygen atoms in total. The summed E-state index contributed by atoms with van der Waals surface area (Å²) < 4.78 is 16.6. The van der Waals surface area contributed by atoms with Crippen molar-refractivity contribution in [3.8, 4) is 22.6 Å². The number of benzene rings is 2. The lowest BCUT2D eigenvalue weighted by Crippen LogP contribution is -2.34. The SMILES string of the molecule is CCOC(=O)c1c(NC(=S)NC(=O)c2ccccc2)sc2c1-c1cccc(OC)c1OC2. The van der Waals surface area contributed by atoms with Gasteiger partial charge in [0.25, 0.3) is 5.91 Å². The number of para-hydroxylation sites is 1. The summed E-state index contributed by atoms with van der Waals surface area (Å²) in [5, 5.41) is 6.20. The summed E-state index contributed by atoms with van der Waals surface area (Å²) in [5.74, 6) is 0.313. The predicted octanol–water partition coefficient (Wildman–Crippen LogP) is 4.62. The van der Waals surface area contributed by atoms with E-state index in [1.54, 1.807) is 44.4 Å². The summed E-state index contributed by atoms with van der Waals surface area (Å²) in [7, 11) is 1.56. The predicted molar refractivity (Wildman–Crippen MR) is 127 cm³/mol. The minimum Gasteiger partial charge on any atom is -0.493 e. The number of anilines is 1. The monoisotopic (exact) mass is 468 g/mol. The smallest absolute Gasteiger partial charge is 0.341 e. The number of carbonyl (C=O) groups is 2. The average molecular weight is 469 g/mol. The van der Waals surface area contributed by atoms with Crippen molar-refractivity contribution in [3.05, 3.63) is 64.5 Å². The van der Waals surface area contributed by atoms with Gasteiger partial charge in [-0.1, -0.05) is 30.3 Å². The standard InChI is InChI=1S/C23H20N2O5S2/c1-3-29-22(27)18-17-14-10-7-11-15(28-2)19(14)30-12-16(17)32-21(18)25-23(31)24-20(26)13-8-5-4-6-9-13/h4-11H,3,12H2,1-2H3,(H2,24,25,26,31). The van der Waals surface area contributed by atoms with Crippen LogP contribution in [-0.4, -0.2) is 30.7 Å². The van der Waals surface area contributed by atoms with Crippen LogP contribution in [-0.2, 0) is 11.3 Å². The van der Waals surface area contributed by atoms with Crippen LogP contribution in [0.1, 0.15) is 32.5 Å². The molecule has 32 heavy (non-hydrogen) atoms. The lowest BCUT2D eigenvalue weighted by molar-refractivity contribution is 0.0528. The number of rotatable bonds is 5. The molecule has 0 spiro atoms. The first-order valence-corrected chi connectivity index (χ1v) is 11.1. The maximum Gasteiger partial charge on any atom is 0.341 e. The second-order valence-corrected chi connectivity index (χ2v) is 8.24. The number of fused-ring (bicyclic) bond motifs is 3. The second-order valence-electron chi connectivity index (χ2n) is 6.72. The fourth-order valence-electron chi connectivity index (χ4n) is 3.41. The maximum absolute atomic E-state index is 12.9. The van der Waals surface area contributed by atoms with Crippen LogP contribution in [0.2, 0.25) is 0 Å². The molecule has 1 amide bonds. The molecule has 9 heteroatoms. The Kier molecular flexibility index (Phi) is 6.38. The number of nitrogens with one attached hydrogen (secondary N) is 2. The van der Waals surface area contributed by atoms with Crippen LogP contribution in [0, 0.1) is 0 Å². The summed E-state index contributed by atoms with van der Waals surface area (Å²) in [6, 6.07) is 14.2. The van der Waals surface area contributed by atoms with Gasteiger partial charge in [0.1, 0.15) is 17.2 Å². The summed E-state index contributed by atoms with van der Waals surface area (Å²) in [5.41, 5.74) is 2.27. The third kappa shape index (κ3) is 4.17. The van der Waals surface area contributed by atoms with E-state index in [0.717, 1.165) is 10.4 Å². The van der Waals surface area contributed by atoms with Crippen LogP contribution < -0.4 is 20.1 Å². The Labute approximate surface area is 194 Å². The minimum absolute atomic E-state index is 0.0785. The van der Waals surface area contributed by atoms with E-state index in [1.807, 2.05) is 18.2 Å². The largest absolute Gasteiger partial charge is 0.493 e.